The highest BCUT2D eigenvalue weighted by Crippen LogP contribution is 2.35. The number of phenolic OH excluding ortho intramolecular Hbond substituents is 1. The van der Waals surface area contributed by atoms with E-state index in [0.29, 0.717) is 12.1 Å². The van der Waals surface area contributed by atoms with E-state index in [2.05, 4.69) is 34.1 Å². The summed E-state index contributed by atoms with van der Waals surface area (Å²) in [4.78, 5) is 15.2. The lowest BCUT2D eigenvalue weighted by molar-refractivity contribution is -0.385. The summed E-state index contributed by atoms with van der Waals surface area (Å²) in [6.07, 6.45) is 4.29. The lowest BCUT2D eigenvalue weighted by Crippen LogP contribution is -2.45. The van der Waals surface area contributed by atoms with Crippen molar-refractivity contribution < 1.29 is 14.8 Å². The van der Waals surface area contributed by atoms with Gasteiger partial charge in [-0.15, -0.1) is 0 Å². The molecule has 0 spiro atoms. The number of rotatable bonds is 7. The molecule has 2 aromatic rings. The van der Waals surface area contributed by atoms with Gasteiger partial charge in [0.1, 0.15) is 0 Å². The van der Waals surface area contributed by atoms with E-state index in [0.717, 1.165) is 32.7 Å². The summed E-state index contributed by atoms with van der Waals surface area (Å²) < 4.78 is 5.07. The van der Waals surface area contributed by atoms with Gasteiger partial charge in [0.05, 0.1) is 18.1 Å². The zero-order valence-corrected chi connectivity index (χ0v) is 16.0. The molecule has 3 rings (SSSR count). The molecule has 1 heterocycles. The van der Waals surface area contributed by atoms with Crippen LogP contribution in [0, 0.1) is 10.1 Å². The second kappa shape index (κ2) is 9.34. The standard InChI is InChI=1S/C21H25N3O4/c1-28-20-15-19(24(26)27)14-18(21(20)25)16-23-12-10-22(11-13-23)9-5-8-17-6-3-2-4-7-17/h2-8,14-15,25H,9-13,16H2,1H3/b8-5+. The van der Waals surface area contributed by atoms with Crippen LogP contribution in [0.25, 0.3) is 6.08 Å². The van der Waals surface area contributed by atoms with Gasteiger partial charge in [-0.1, -0.05) is 42.5 Å². The molecule has 7 nitrogen and oxygen atoms in total. The molecule has 28 heavy (non-hydrogen) atoms. The van der Waals surface area contributed by atoms with Crippen LogP contribution in [0.15, 0.2) is 48.5 Å². The summed E-state index contributed by atoms with van der Waals surface area (Å²) in [5, 5.41) is 21.4. The molecule has 1 saturated heterocycles. The van der Waals surface area contributed by atoms with E-state index in [9.17, 15) is 15.2 Å². The number of aromatic hydroxyl groups is 1. The van der Waals surface area contributed by atoms with Crippen LogP contribution in [0.1, 0.15) is 11.1 Å². The molecule has 7 heteroatoms. The average molecular weight is 383 g/mol. The number of nitro groups is 1. The number of non-ortho nitro benzene ring substituents is 1. The first kappa shape index (κ1) is 19.9. The van der Waals surface area contributed by atoms with Crippen LogP contribution in [-0.2, 0) is 6.54 Å². The molecule has 0 atom stereocenters. The van der Waals surface area contributed by atoms with Gasteiger partial charge in [0.2, 0.25) is 0 Å². The molecule has 1 N–H and O–H groups in total. The van der Waals surface area contributed by atoms with Crippen LogP contribution in [0.4, 0.5) is 5.69 Å². The number of benzene rings is 2. The number of nitrogens with zero attached hydrogens (tertiary/aromatic N) is 3. The topological polar surface area (TPSA) is 79.1 Å². The number of nitro benzene ring substituents is 1. The summed E-state index contributed by atoms with van der Waals surface area (Å²) >= 11 is 0. The minimum atomic E-state index is -0.470. The molecule has 0 unspecified atom stereocenters. The smallest absolute Gasteiger partial charge is 0.273 e. The predicted molar refractivity (Wildman–Crippen MR) is 109 cm³/mol. The highest BCUT2D eigenvalue weighted by Gasteiger charge is 2.21. The highest BCUT2D eigenvalue weighted by atomic mass is 16.6. The Labute approximate surface area is 164 Å². The Bertz CT molecular complexity index is 831. The Balaban J connectivity index is 1.55. The number of piperazine rings is 1. The molecule has 148 valence electrons. The van der Waals surface area contributed by atoms with Gasteiger partial charge >= 0.3 is 0 Å². The van der Waals surface area contributed by atoms with Crippen LogP contribution in [0.2, 0.25) is 0 Å². The molecule has 0 aliphatic carbocycles. The quantitative estimate of drug-likeness (QED) is 0.585. The molecule has 0 bridgehead atoms. The Morgan fingerprint density at radius 2 is 1.82 bits per heavy atom. The SMILES string of the molecule is COc1cc([N+](=O)[O-])cc(CN2CCN(C/C=C/c3ccccc3)CC2)c1O. The van der Waals surface area contributed by atoms with Gasteiger partial charge in [0, 0.05) is 50.9 Å². The van der Waals surface area contributed by atoms with Crippen molar-refractivity contribution in [3.05, 3.63) is 69.8 Å². The van der Waals surface area contributed by atoms with Gasteiger partial charge in [-0.3, -0.25) is 19.9 Å². The van der Waals surface area contributed by atoms with Gasteiger partial charge in [-0.05, 0) is 5.56 Å². The third-order valence-electron chi connectivity index (χ3n) is 4.90. The molecular formula is C21H25N3O4. The van der Waals surface area contributed by atoms with Crippen molar-refractivity contribution in [2.45, 2.75) is 6.54 Å². The first-order valence-corrected chi connectivity index (χ1v) is 9.27. The highest BCUT2D eigenvalue weighted by molar-refractivity contribution is 5.53. The predicted octanol–water partition coefficient (Wildman–Crippen LogP) is 3.14. The van der Waals surface area contributed by atoms with E-state index >= 15 is 0 Å². The van der Waals surface area contributed by atoms with Crippen LogP contribution in [-0.4, -0.2) is 59.7 Å². The molecule has 0 radical (unpaired) electrons. The Morgan fingerprint density at radius 3 is 2.46 bits per heavy atom. The van der Waals surface area contributed by atoms with Gasteiger partial charge in [-0.25, -0.2) is 0 Å². The molecule has 1 fully saturated rings. The molecule has 0 saturated carbocycles. The maximum absolute atomic E-state index is 11.1. The van der Waals surface area contributed by atoms with E-state index in [4.69, 9.17) is 4.74 Å². The summed E-state index contributed by atoms with van der Waals surface area (Å²) in [5.74, 6) is 0.107. The first-order chi connectivity index (χ1) is 13.6. The largest absolute Gasteiger partial charge is 0.504 e. The van der Waals surface area contributed by atoms with Gasteiger partial charge in [0.15, 0.2) is 11.5 Å². The summed E-state index contributed by atoms with van der Waals surface area (Å²) in [5.41, 5.74) is 1.63. The minimum Gasteiger partial charge on any atom is -0.504 e. The average Bonchev–Trinajstić information content (AvgIpc) is 2.71. The van der Waals surface area contributed by atoms with Crippen LogP contribution < -0.4 is 4.74 Å². The third-order valence-corrected chi connectivity index (χ3v) is 4.90. The Hall–Kier alpha value is -2.90. The fourth-order valence-corrected chi connectivity index (χ4v) is 3.30. The van der Waals surface area contributed by atoms with E-state index in [1.54, 1.807) is 0 Å². The molecule has 0 amide bonds. The van der Waals surface area contributed by atoms with Crippen molar-refractivity contribution in [3.8, 4) is 11.5 Å². The minimum absolute atomic E-state index is 0.0266. The maximum Gasteiger partial charge on any atom is 0.273 e. The Morgan fingerprint density at radius 1 is 1.14 bits per heavy atom. The molecule has 2 aromatic carbocycles. The summed E-state index contributed by atoms with van der Waals surface area (Å²) in [6, 6.07) is 12.9. The lowest BCUT2D eigenvalue weighted by atomic mass is 10.1. The zero-order valence-electron chi connectivity index (χ0n) is 16.0. The van der Waals surface area contributed by atoms with Crippen molar-refractivity contribution in [1.82, 2.24) is 9.80 Å². The lowest BCUT2D eigenvalue weighted by Gasteiger charge is -2.34. The van der Waals surface area contributed by atoms with Gasteiger partial charge in [0.25, 0.3) is 5.69 Å². The van der Waals surface area contributed by atoms with Gasteiger partial charge in [-0.2, -0.15) is 0 Å². The number of phenols is 1. The van der Waals surface area contributed by atoms with Crippen LogP contribution >= 0.6 is 0 Å². The van der Waals surface area contributed by atoms with Crippen molar-refractivity contribution >= 4 is 11.8 Å². The molecule has 1 aliphatic heterocycles. The summed E-state index contributed by atoms with van der Waals surface area (Å²) in [6.45, 7) is 4.83. The van der Waals surface area contributed by atoms with Crippen molar-refractivity contribution in [2.24, 2.45) is 0 Å². The van der Waals surface area contributed by atoms with Crippen LogP contribution in [0.3, 0.4) is 0 Å². The molecular weight excluding hydrogens is 358 g/mol. The van der Waals surface area contributed by atoms with E-state index in [1.807, 2.05) is 18.2 Å². The normalized spacial score (nSPS) is 15.8. The maximum atomic E-state index is 11.1. The van der Waals surface area contributed by atoms with E-state index in [1.165, 1.54) is 24.8 Å². The first-order valence-electron chi connectivity index (χ1n) is 9.27. The van der Waals surface area contributed by atoms with Crippen molar-refractivity contribution in [3.63, 3.8) is 0 Å². The second-order valence-corrected chi connectivity index (χ2v) is 6.80. The second-order valence-electron chi connectivity index (χ2n) is 6.80. The van der Waals surface area contributed by atoms with E-state index < -0.39 is 4.92 Å². The van der Waals surface area contributed by atoms with Crippen molar-refractivity contribution in [2.75, 3.05) is 39.8 Å². The summed E-state index contributed by atoms with van der Waals surface area (Å²) in [7, 11) is 1.39. The molecule has 0 aromatic heterocycles. The Kier molecular flexibility index (Phi) is 6.62. The fourth-order valence-electron chi connectivity index (χ4n) is 3.30. The number of methoxy groups -OCH3 is 1. The van der Waals surface area contributed by atoms with E-state index in [-0.39, 0.29) is 17.2 Å². The number of ether oxygens (including phenoxy) is 1. The molecule has 1 aliphatic rings. The third kappa shape index (κ3) is 5.09. The number of hydrogen-bond acceptors (Lipinski definition) is 6. The number of hydrogen-bond donors (Lipinski definition) is 1. The zero-order chi connectivity index (χ0) is 19.9. The monoisotopic (exact) mass is 383 g/mol. The fraction of sp³-hybridized carbons (Fsp3) is 0.333. The van der Waals surface area contributed by atoms with Crippen LogP contribution in [0.5, 0.6) is 11.5 Å². The van der Waals surface area contributed by atoms with Gasteiger partial charge < -0.3 is 9.84 Å². The van der Waals surface area contributed by atoms with Crippen molar-refractivity contribution in [1.29, 1.82) is 0 Å².